The highest BCUT2D eigenvalue weighted by atomic mass is 16.5. The molecule has 0 bridgehead atoms. The Morgan fingerprint density at radius 1 is 1.43 bits per heavy atom. The van der Waals surface area contributed by atoms with Gasteiger partial charge in [-0.25, -0.2) is 0 Å². The van der Waals surface area contributed by atoms with E-state index in [4.69, 9.17) is 0 Å². The molecule has 0 amide bonds. The van der Waals surface area contributed by atoms with Crippen LogP contribution in [0.3, 0.4) is 0 Å². The molecule has 0 aliphatic carbocycles. The van der Waals surface area contributed by atoms with Gasteiger partial charge in [-0.3, -0.25) is 0 Å². The maximum Gasteiger partial charge on any atom is 0.501 e. The first-order chi connectivity index (χ1) is 6.70. The van der Waals surface area contributed by atoms with E-state index in [0.29, 0.717) is 23.4 Å². The molecule has 1 aromatic rings. The predicted molar refractivity (Wildman–Crippen MR) is 53.9 cm³/mol. The third-order valence-corrected chi connectivity index (χ3v) is 2.10. The van der Waals surface area contributed by atoms with Crippen molar-refractivity contribution in [3.05, 3.63) is 33.6 Å². The normalized spacial score (nSPS) is 10.4. The SMILES string of the molecule is CCCc1ccn(CCC)c(=O)[n+]1[O-]. The second kappa shape index (κ2) is 4.79. The zero-order valence-electron chi connectivity index (χ0n) is 8.69. The quantitative estimate of drug-likeness (QED) is 0.529. The molecule has 14 heavy (non-hydrogen) atoms. The monoisotopic (exact) mass is 196 g/mol. The fourth-order valence-corrected chi connectivity index (χ4v) is 1.40. The average molecular weight is 196 g/mol. The van der Waals surface area contributed by atoms with Crippen LogP contribution in [0.5, 0.6) is 0 Å². The van der Waals surface area contributed by atoms with Gasteiger partial charge >= 0.3 is 5.69 Å². The molecule has 0 atom stereocenters. The number of nitrogens with zero attached hydrogens (tertiary/aromatic N) is 2. The largest absolute Gasteiger partial charge is 0.708 e. The Balaban J connectivity index is 3.06. The minimum atomic E-state index is -0.460. The van der Waals surface area contributed by atoms with Crippen LogP contribution in [0.15, 0.2) is 17.1 Å². The third-order valence-electron chi connectivity index (χ3n) is 2.10. The van der Waals surface area contributed by atoms with E-state index in [2.05, 4.69) is 0 Å². The van der Waals surface area contributed by atoms with Crippen LogP contribution in [-0.2, 0) is 13.0 Å². The summed E-state index contributed by atoms with van der Waals surface area (Å²) in [7, 11) is 0. The molecule has 1 heterocycles. The standard InChI is InChI=1S/C10H16N2O2/c1-3-5-9-6-8-11(7-4-2)10(13)12(9)14/h6,8H,3-5,7H2,1-2H3. The van der Waals surface area contributed by atoms with Gasteiger partial charge in [0.2, 0.25) is 0 Å². The van der Waals surface area contributed by atoms with Crippen molar-refractivity contribution in [2.75, 3.05) is 0 Å². The predicted octanol–water partition coefficient (Wildman–Crippen LogP) is 0.844. The lowest BCUT2D eigenvalue weighted by atomic mass is 10.2. The van der Waals surface area contributed by atoms with Crippen molar-refractivity contribution >= 4 is 0 Å². The molecule has 78 valence electrons. The minimum absolute atomic E-state index is 0.460. The summed E-state index contributed by atoms with van der Waals surface area (Å²) in [5.74, 6) is 0. The minimum Gasteiger partial charge on any atom is -0.708 e. The highest BCUT2D eigenvalue weighted by Gasteiger charge is 2.08. The fraction of sp³-hybridized carbons (Fsp3) is 0.600. The first kappa shape index (κ1) is 10.8. The topological polar surface area (TPSA) is 48.9 Å². The van der Waals surface area contributed by atoms with E-state index in [0.717, 1.165) is 12.8 Å². The zero-order valence-corrected chi connectivity index (χ0v) is 8.69. The fourth-order valence-electron chi connectivity index (χ4n) is 1.40. The third kappa shape index (κ3) is 2.13. The van der Waals surface area contributed by atoms with Gasteiger partial charge in [0.1, 0.15) is 5.69 Å². The number of hydrogen-bond acceptors (Lipinski definition) is 2. The second-order valence-corrected chi connectivity index (χ2v) is 3.33. The van der Waals surface area contributed by atoms with E-state index in [9.17, 15) is 10.0 Å². The Labute approximate surface area is 83.4 Å². The molecule has 4 heteroatoms. The number of hydrogen-bond donors (Lipinski definition) is 0. The van der Waals surface area contributed by atoms with Gasteiger partial charge in [-0.2, -0.15) is 14.1 Å². The molecule has 0 spiro atoms. The Bertz CT molecular complexity index is 358. The van der Waals surface area contributed by atoms with Gasteiger partial charge in [0, 0.05) is 12.5 Å². The molecule has 0 unspecified atom stereocenters. The van der Waals surface area contributed by atoms with Gasteiger partial charge in [-0.1, -0.05) is 13.8 Å². The summed E-state index contributed by atoms with van der Waals surface area (Å²) in [5, 5.41) is 11.4. The molecule has 0 aliphatic heterocycles. The van der Waals surface area contributed by atoms with E-state index < -0.39 is 5.69 Å². The molecule has 0 N–H and O–H groups in total. The van der Waals surface area contributed by atoms with Crippen LogP contribution in [0.1, 0.15) is 32.4 Å². The summed E-state index contributed by atoms with van der Waals surface area (Å²) in [5.41, 5.74) is 0.0997. The smallest absolute Gasteiger partial charge is 0.501 e. The number of rotatable bonds is 4. The van der Waals surface area contributed by atoms with E-state index in [1.807, 2.05) is 13.8 Å². The molecule has 0 fully saturated rings. The lowest BCUT2D eigenvalue weighted by molar-refractivity contribution is -0.635. The lowest BCUT2D eigenvalue weighted by Crippen LogP contribution is -2.52. The Kier molecular flexibility index (Phi) is 3.68. The van der Waals surface area contributed by atoms with E-state index >= 15 is 0 Å². The molecule has 4 nitrogen and oxygen atoms in total. The summed E-state index contributed by atoms with van der Waals surface area (Å²) < 4.78 is 1.95. The van der Waals surface area contributed by atoms with Gasteiger partial charge < -0.3 is 5.21 Å². The van der Waals surface area contributed by atoms with Crippen molar-refractivity contribution in [1.29, 1.82) is 0 Å². The van der Waals surface area contributed by atoms with Gasteiger partial charge in [-0.05, 0) is 12.8 Å². The van der Waals surface area contributed by atoms with Crippen molar-refractivity contribution in [3.8, 4) is 0 Å². The number of aryl methyl sites for hydroxylation is 2. The van der Waals surface area contributed by atoms with Gasteiger partial charge in [0.25, 0.3) is 0 Å². The summed E-state index contributed by atoms with van der Waals surface area (Å²) in [6.45, 7) is 4.56. The molecule has 0 saturated carbocycles. The second-order valence-electron chi connectivity index (χ2n) is 3.33. The van der Waals surface area contributed by atoms with E-state index in [1.54, 1.807) is 12.3 Å². The van der Waals surface area contributed by atoms with Crippen molar-refractivity contribution in [3.63, 3.8) is 0 Å². The van der Waals surface area contributed by atoms with Crippen LogP contribution in [0.4, 0.5) is 0 Å². The van der Waals surface area contributed by atoms with Crippen LogP contribution >= 0.6 is 0 Å². The van der Waals surface area contributed by atoms with Crippen molar-refractivity contribution in [1.82, 2.24) is 4.57 Å². The molecule has 0 radical (unpaired) electrons. The number of aromatic nitrogens is 2. The lowest BCUT2D eigenvalue weighted by Gasteiger charge is -2.08. The van der Waals surface area contributed by atoms with Crippen LogP contribution < -0.4 is 10.4 Å². The van der Waals surface area contributed by atoms with Crippen LogP contribution in [-0.4, -0.2) is 4.57 Å². The molecular weight excluding hydrogens is 180 g/mol. The maximum absolute atomic E-state index is 11.5. The molecule has 0 saturated heterocycles. The molecular formula is C10H16N2O2. The first-order valence-corrected chi connectivity index (χ1v) is 5.02. The Morgan fingerprint density at radius 2 is 2.14 bits per heavy atom. The van der Waals surface area contributed by atoms with Gasteiger partial charge in [0.15, 0.2) is 0 Å². The van der Waals surface area contributed by atoms with Crippen molar-refractivity contribution in [2.24, 2.45) is 0 Å². The molecule has 1 aromatic heterocycles. The summed E-state index contributed by atoms with van der Waals surface area (Å²) in [6, 6.07) is 1.73. The summed E-state index contributed by atoms with van der Waals surface area (Å²) in [6.07, 6.45) is 4.09. The summed E-state index contributed by atoms with van der Waals surface area (Å²) in [4.78, 5) is 11.5. The van der Waals surface area contributed by atoms with Gasteiger partial charge in [-0.15, -0.1) is 0 Å². The highest BCUT2D eigenvalue weighted by Crippen LogP contribution is 1.94. The average Bonchev–Trinajstić information content (AvgIpc) is 2.18. The van der Waals surface area contributed by atoms with Gasteiger partial charge in [0.05, 0.1) is 12.7 Å². The van der Waals surface area contributed by atoms with Crippen LogP contribution in [0.2, 0.25) is 0 Å². The summed E-state index contributed by atoms with van der Waals surface area (Å²) >= 11 is 0. The first-order valence-electron chi connectivity index (χ1n) is 5.02. The Morgan fingerprint density at radius 3 is 2.71 bits per heavy atom. The van der Waals surface area contributed by atoms with Crippen molar-refractivity contribution in [2.45, 2.75) is 39.7 Å². The van der Waals surface area contributed by atoms with E-state index in [1.165, 1.54) is 4.57 Å². The van der Waals surface area contributed by atoms with Crippen LogP contribution in [0.25, 0.3) is 0 Å². The molecule has 0 aliphatic rings. The van der Waals surface area contributed by atoms with E-state index in [-0.39, 0.29) is 0 Å². The van der Waals surface area contributed by atoms with Crippen LogP contribution in [0, 0.1) is 5.21 Å². The Hall–Kier alpha value is -1.32. The van der Waals surface area contributed by atoms with Crippen molar-refractivity contribution < 1.29 is 4.73 Å². The molecule has 1 rings (SSSR count). The molecule has 0 aromatic carbocycles. The zero-order chi connectivity index (χ0) is 10.6. The highest BCUT2D eigenvalue weighted by molar-refractivity contribution is 4.93. The maximum atomic E-state index is 11.5.